The van der Waals surface area contributed by atoms with Crippen LogP contribution in [0.2, 0.25) is 0 Å². The molecule has 1 amide bonds. The molecule has 0 saturated carbocycles. The van der Waals surface area contributed by atoms with E-state index >= 15 is 0 Å². The predicted molar refractivity (Wildman–Crippen MR) is 75.4 cm³/mol. The van der Waals surface area contributed by atoms with Gasteiger partial charge in [0.15, 0.2) is 0 Å². The standard InChI is InChI=1S/C15H16N2O2/c16-9-10-19-14-8-4-7-13(11-14)17-15(18)12-5-2-1-3-6-12/h1-8,11H,9-10,16H2,(H,17,18). The van der Waals surface area contributed by atoms with E-state index in [1.165, 1.54) is 0 Å². The largest absolute Gasteiger partial charge is 0.492 e. The van der Waals surface area contributed by atoms with Crippen molar-refractivity contribution in [1.29, 1.82) is 0 Å². The molecule has 0 saturated heterocycles. The monoisotopic (exact) mass is 256 g/mol. The molecule has 0 aromatic heterocycles. The zero-order chi connectivity index (χ0) is 13.5. The number of benzene rings is 2. The normalized spacial score (nSPS) is 9.95. The summed E-state index contributed by atoms with van der Waals surface area (Å²) in [5.41, 5.74) is 6.70. The van der Waals surface area contributed by atoms with Crippen LogP contribution >= 0.6 is 0 Å². The molecule has 0 fully saturated rings. The lowest BCUT2D eigenvalue weighted by Crippen LogP contribution is -2.12. The van der Waals surface area contributed by atoms with E-state index in [2.05, 4.69) is 5.32 Å². The maximum atomic E-state index is 12.0. The van der Waals surface area contributed by atoms with E-state index in [-0.39, 0.29) is 5.91 Å². The van der Waals surface area contributed by atoms with Crippen molar-refractivity contribution in [3.8, 4) is 5.75 Å². The topological polar surface area (TPSA) is 64.3 Å². The summed E-state index contributed by atoms with van der Waals surface area (Å²) in [5.74, 6) is 0.549. The third-order valence-corrected chi connectivity index (χ3v) is 2.51. The van der Waals surface area contributed by atoms with Gasteiger partial charge in [0.2, 0.25) is 0 Å². The highest BCUT2D eigenvalue weighted by Gasteiger charge is 2.05. The van der Waals surface area contributed by atoms with Crippen molar-refractivity contribution in [2.75, 3.05) is 18.5 Å². The summed E-state index contributed by atoms with van der Waals surface area (Å²) in [6.07, 6.45) is 0. The van der Waals surface area contributed by atoms with Crippen LogP contribution in [0.25, 0.3) is 0 Å². The third-order valence-electron chi connectivity index (χ3n) is 2.51. The molecule has 2 rings (SSSR count). The van der Waals surface area contributed by atoms with Gasteiger partial charge in [-0.15, -0.1) is 0 Å². The molecule has 0 aliphatic rings. The fraction of sp³-hybridized carbons (Fsp3) is 0.133. The van der Waals surface area contributed by atoms with Gasteiger partial charge in [0.1, 0.15) is 12.4 Å². The zero-order valence-electron chi connectivity index (χ0n) is 10.5. The number of nitrogens with two attached hydrogens (primary N) is 1. The van der Waals surface area contributed by atoms with Crippen molar-refractivity contribution in [2.45, 2.75) is 0 Å². The molecule has 0 unspecified atom stereocenters. The highest BCUT2D eigenvalue weighted by Crippen LogP contribution is 2.17. The molecule has 2 aromatic carbocycles. The number of carbonyl (C=O) groups excluding carboxylic acids is 1. The quantitative estimate of drug-likeness (QED) is 0.862. The minimum absolute atomic E-state index is 0.142. The predicted octanol–water partition coefficient (Wildman–Crippen LogP) is 2.28. The van der Waals surface area contributed by atoms with E-state index in [9.17, 15) is 4.79 Å². The summed E-state index contributed by atoms with van der Waals surface area (Å²) >= 11 is 0. The van der Waals surface area contributed by atoms with Crippen molar-refractivity contribution in [2.24, 2.45) is 5.73 Å². The van der Waals surface area contributed by atoms with Gasteiger partial charge < -0.3 is 15.8 Å². The average molecular weight is 256 g/mol. The van der Waals surface area contributed by atoms with Gasteiger partial charge in [-0.3, -0.25) is 4.79 Å². The number of amides is 1. The third kappa shape index (κ3) is 3.82. The summed E-state index contributed by atoms with van der Waals surface area (Å²) in [5, 5.41) is 2.82. The van der Waals surface area contributed by atoms with Crippen molar-refractivity contribution in [3.63, 3.8) is 0 Å². The molecule has 4 nitrogen and oxygen atoms in total. The van der Waals surface area contributed by atoms with Gasteiger partial charge in [-0.1, -0.05) is 24.3 Å². The van der Waals surface area contributed by atoms with Crippen LogP contribution in [-0.4, -0.2) is 19.1 Å². The molecule has 4 heteroatoms. The number of rotatable bonds is 5. The van der Waals surface area contributed by atoms with E-state index in [1.54, 1.807) is 18.2 Å². The number of hydrogen-bond acceptors (Lipinski definition) is 3. The zero-order valence-corrected chi connectivity index (χ0v) is 10.5. The lowest BCUT2D eigenvalue weighted by Gasteiger charge is -2.08. The second-order valence-corrected chi connectivity index (χ2v) is 3.99. The molecular weight excluding hydrogens is 240 g/mol. The maximum Gasteiger partial charge on any atom is 0.255 e. The van der Waals surface area contributed by atoms with Gasteiger partial charge in [0.25, 0.3) is 5.91 Å². The van der Waals surface area contributed by atoms with Crippen LogP contribution in [0.3, 0.4) is 0 Å². The molecule has 0 bridgehead atoms. The molecule has 0 spiro atoms. The number of nitrogens with one attached hydrogen (secondary N) is 1. The lowest BCUT2D eigenvalue weighted by molar-refractivity contribution is 0.102. The number of hydrogen-bond donors (Lipinski definition) is 2. The van der Waals surface area contributed by atoms with Crippen molar-refractivity contribution < 1.29 is 9.53 Å². The second-order valence-electron chi connectivity index (χ2n) is 3.99. The highest BCUT2D eigenvalue weighted by molar-refractivity contribution is 6.04. The Balaban J connectivity index is 2.05. The smallest absolute Gasteiger partial charge is 0.255 e. The summed E-state index contributed by atoms with van der Waals surface area (Å²) in [6, 6.07) is 16.3. The Bertz CT molecular complexity index is 541. The van der Waals surface area contributed by atoms with Gasteiger partial charge in [0, 0.05) is 23.9 Å². The fourth-order valence-electron chi connectivity index (χ4n) is 1.63. The average Bonchev–Trinajstić information content (AvgIpc) is 2.46. The Kier molecular flexibility index (Phi) is 4.53. The van der Waals surface area contributed by atoms with E-state index in [0.717, 1.165) is 0 Å². The van der Waals surface area contributed by atoms with Crippen LogP contribution in [0.1, 0.15) is 10.4 Å². The van der Waals surface area contributed by atoms with E-state index in [0.29, 0.717) is 30.2 Å². The number of anilines is 1. The molecule has 0 aliphatic carbocycles. The first-order valence-corrected chi connectivity index (χ1v) is 6.09. The molecule has 2 aromatic rings. The Morgan fingerprint density at radius 1 is 1.11 bits per heavy atom. The van der Waals surface area contributed by atoms with E-state index in [1.807, 2.05) is 36.4 Å². The minimum Gasteiger partial charge on any atom is -0.492 e. The first-order chi connectivity index (χ1) is 9.29. The van der Waals surface area contributed by atoms with Crippen molar-refractivity contribution >= 4 is 11.6 Å². The molecule has 0 atom stereocenters. The van der Waals surface area contributed by atoms with Crippen molar-refractivity contribution in [1.82, 2.24) is 0 Å². The number of carbonyl (C=O) groups is 1. The lowest BCUT2D eigenvalue weighted by atomic mass is 10.2. The Hall–Kier alpha value is -2.33. The summed E-state index contributed by atoms with van der Waals surface area (Å²) in [4.78, 5) is 12.0. The van der Waals surface area contributed by atoms with Crippen LogP contribution in [0, 0.1) is 0 Å². The second kappa shape index (κ2) is 6.56. The fourth-order valence-corrected chi connectivity index (χ4v) is 1.63. The molecular formula is C15H16N2O2. The maximum absolute atomic E-state index is 12.0. The molecule has 0 aliphatic heterocycles. The molecule has 3 N–H and O–H groups in total. The SMILES string of the molecule is NCCOc1cccc(NC(=O)c2ccccc2)c1. The molecule has 19 heavy (non-hydrogen) atoms. The first kappa shape index (κ1) is 13.1. The van der Waals surface area contributed by atoms with Crippen LogP contribution in [0.15, 0.2) is 54.6 Å². The van der Waals surface area contributed by atoms with Gasteiger partial charge in [-0.2, -0.15) is 0 Å². The van der Waals surface area contributed by atoms with Crippen LogP contribution in [0.5, 0.6) is 5.75 Å². The summed E-state index contributed by atoms with van der Waals surface area (Å²) in [6.45, 7) is 0.913. The Morgan fingerprint density at radius 3 is 2.63 bits per heavy atom. The molecule has 0 radical (unpaired) electrons. The summed E-state index contributed by atoms with van der Waals surface area (Å²) < 4.78 is 5.41. The Morgan fingerprint density at radius 2 is 1.89 bits per heavy atom. The van der Waals surface area contributed by atoms with Crippen LogP contribution in [0.4, 0.5) is 5.69 Å². The molecule has 98 valence electrons. The van der Waals surface area contributed by atoms with Crippen LogP contribution in [-0.2, 0) is 0 Å². The van der Waals surface area contributed by atoms with Gasteiger partial charge >= 0.3 is 0 Å². The first-order valence-electron chi connectivity index (χ1n) is 6.09. The van der Waals surface area contributed by atoms with E-state index in [4.69, 9.17) is 10.5 Å². The van der Waals surface area contributed by atoms with Crippen molar-refractivity contribution in [3.05, 3.63) is 60.2 Å². The van der Waals surface area contributed by atoms with Gasteiger partial charge in [-0.05, 0) is 24.3 Å². The minimum atomic E-state index is -0.142. The summed E-state index contributed by atoms with van der Waals surface area (Å²) in [7, 11) is 0. The van der Waals surface area contributed by atoms with Crippen LogP contribution < -0.4 is 15.8 Å². The highest BCUT2D eigenvalue weighted by atomic mass is 16.5. The van der Waals surface area contributed by atoms with Gasteiger partial charge in [0.05, 0.1) is 0 Å². The van der Waals surface area contributed by atoms with E-state index < -0.39 is 0 Å². The molecule has 0 heterocycles. The number of ether oxygens (including phenoxy) is 1. The van der Waals surface area contributed by atoms with Gasteiger partial charge in [-0.25, -0.2) is 0 Å². The Labute approximate surface area is 112 Å².